The van der Waals surface area contributed by atoms with Crippen molar-refractivity contribution in [3.8, 4) is 0 Å². The van der Waals surface area contributed by atoms with E-state index in [1.807, 2.05) is 25.2 Å². The van der Waals surface area contributed by atoms with E-state index in [1.54, 1.807) is 0 Å². The van der Waals surface area contributed by atoms with E-state index < -0.39 is 0 Å². The van der Waals surface area contributed by atoms with Gasteiger partial charge in [0.2, 0.25) is 0 Å². The molecular weight excluding hydrogens is 214 g/mol. The Morgan fingerprint density at radius 1 is 1.35 bits per heavy atom. The summed E-state index contributed by atoms with van der Waals surface area (Å²) >= 11 is 0. The van der Waals surface area contributed by atoms with Crippen molar-refractivity contribution < 1.29 is 4.42 Å². The molecule has 1 aromatic heterocycles. The monoisotopic (exact) mass is 233 g/mol. The number of aromatic nitrogens is 1. The second-order valence-electron chi connectivity index (χ2n) is 4.27. The number of oxazole rings is 1. The minimum Gasteiger partial charge on any atom is -0.423 e. The van der Waals surface area contributed by atoms with Gasteiger partial charge < -0.3 is 15.1 Å². The number of nitrogens with two attached hydrogens (primary N) is 1. The summed E-state index contributed by atoms with van der Waals surface area (Å²) in [4.78, 5) is 6.55. The SMILES string of the molecule is CCC(CC)N(C)c1nc2c(N)cccc2o1. The highest BCUT2D eigenvalue weighted by molar-refractivity contribution is 5.86. The smallest absolute Gasteiger partial charge is 0.298 e. The van der Waals surface area contributed by atoms with E-state index in [1.165, 1.54) is 0 Å². The van der Waals surface area contributed by atoms with Crippen LogP contribution >= 0.6 is 0 Å². The quantitative estimate of drug-likeness (QED) is 0.825. The second kappa shape index (κ2) is 4.65. The zero-order valence-corrected chi connectivity index (χ0v) is 10.6. The Balaban J connectivity index is 2.39. The zero-order chi connectivity index (χ0) is 12.4. The normalized spacial score (nSPS) is 11.3. The summed E-state index contributed by atoms with van der Waals surface area (Å²) in [5.74, 6) is 0. The molecule has 0 atom stereocenters. The Kier molecular flexibility index (Phi) is 3.22. The number of rotatable bonds is 4. The molecule has 0 spiro atoms. The third kappa shape index (κ3) is 2.07. The molecule has 17 heavy (non-hydrogen) atoms. The fourth-order valence-electron chi connectivity index (χ4n) is 2.10. The van der Waals surface area contributed by atoms with E-state index in [2.05, 4.69) is 23.7 Å². The van der Waals surface area contributed by atoms with Crippen LogP contribution < -0.4 is 10.6 Å². The summed E-state index contributed by atoms with van der Waals surface area (Å²) in [6, 6.07) is 6.70. The van der Waals surface area contributed by atoms with E-state index in [4.69, 9.17) is 10.2 Å². The summed E-state index contributed by atoms with van der Waals surface area (Å²) in [5.41, 5.74) is 8.03. The van der Waals surface area contributed by atoms with Crippen LogP contribution in [0.1, 0.15) is 26.7 Å². The maximum absolute atomic E-state index is 5.87. The number of anilines is 2. The Bertz CT molecular complexity index is 502. The molecule has 0 amide bonds. The zero-order valence-electron chi connectivity index (χ0n) is 10.6. The van der Waals surface area contributed by atoms with E-state index in [0.29, 0.717) is 17.7 Å². The van der Waals surface area contributed by atoms with Gasteiger partial charge in [0.25, 0.3) is 6.01 Å². The van der Waals surface area contributed by atoms with Gasteiger partial charge in [-0.05, 0) is 25.0 Å². The predicted molar refractivity (Wildman–Crippen MR) is 71.2 cm³/mol. The number of fused-ring (bicyclic) bond motifs is 1. The predicted octanol–water partition coefficient (Wildman–Crippen LogP) is 3.03. The van der Waals surface area contributed by atoms with Crippen molar-refractivity contribution in [2.45, 2.75) is 32.7 Å². The molecule has 0 unspecified atom stereocenters. The molecule has 2 N–H and O–H groups in total. The minimum absolute atomic E-state index is 0.448. The standard InChI is InChI=1S/C13H19N3O/c1-4-9(5-2)16(3)13-15-12-10(14)7-6-8-11(12)17-13/h6-9H,4-5,14H2,1-3H3. The molecule has 4 heteroatoms. The molecule has 0 aliphatic rings. The molecule has 92 valence electrons. The number of nitrogens with zero attached hydrogens (tertiary/aromatic N) is 2. The fraction of sp³-hybridized carbons (Fsp3) is 0.462. The molecule has 0 aliphatic heterocycles. The van der Waals surface area contributed by atoms with Crippen LogP contribution in [-0.4, -0.2) is 18.1 Å². The highest BCUT2D eigenvalue weighted by Crippen LogP contribution is 2.27. The first-order valence-electron chi connectivity index (χ1n) is 6.05. The lowest BCUT2D eigenvalue weighted by Crippen LogP contribution is -2.30. The van der Waals surface area contributed by atoms with Crippen LogP contribution in [0.15, 0.2) is 22.6 Å². The fourth-order valence-corrected chi connectivity index (χ4v) is 2.10. The molecule has 1 aromatic carbocycles. The van der Waals surface area contributed by atoms with Gasteiger partial charge in [-0.15, -0.1) is 0 Å². The summed E-state index contributed by atoms with van der Waals surface area (Å²) in [5, 5.41) is 0. The molecule has 0 fully saturated rings. The van der Waals surface area contributed by atoms with Crippen molar-refractivity contribution in [1.29, 1.82) is 0 Å². The molecule has 4 nitrogen and oxygen atoms in total. The first-order valence-corrected chi connectivity index (χ1v) is 6.05. The summed E-state index contributed by atoms with van der Waals surface area (Å²) in [6.07, 6.45) is 2.14. The van der Waals surface area contributed by atoms with Gasteiger partial charge in [-0.2, -0.15) is 4.98 Å². The van der Waals surface area contributed by atoms with E-state index >= 15 is 0 Å². The van der Waals surface area contributed by atoms with Crippen molar-refractivity contribution in [1.82, 2.24) is 4.98 Å². The number of benzene rings is 1. The molecule has 0 aliphatic carbocycles. The van der Waals surface area contributed by atoms with E-state index in [0.717, 1.165) is 23.9 Å². The maximum Gasteiger partial charge on any atom is 0.298 e. The highest BCUT2D eigenvalue weighted by atomic mass is 16.4. The number of nitrogen functional groups attached to an aromatic ring is 1. The van der Waals surface area contributed by atoms with Gasteiger partial charge in [-0.25, -0.2) is 0 Å². The van der Waals surface area contributed by atoms with Crippen molar-refractivity contribution >= 4 is 22.8 Å². The van der Waals surface area contributed by atoms with Gasteiger partial charge in [-0.3, -0.25) is 0 Å². The Labute approximate surface area is 101 Å². The molecule has 2 rings (SSSR count). The minimum atomic E-state index is 0.448. The van der Waals surface area contributed by atoms with Gasteiger partial charge in [0.1, 0.15) is 5.52 Å². The van der Waals surface area contributed by atoms with Crippen LogP contribution in [0.5, 0.6) is 0 Å². The molecule has 0 saturated carbocycles. The average Bonchev–Trinajstić information content (AvgIpc) is 2.76. The average molecular weight is 233 g/mol. The topological polar surface area (TPSA) is 55.3 Å². The maximum atomic E-state index is 5.87. The highest BCUT2D eigenvalue weighted by Gasteiger charge is 2.17. The lowest BCUT2D eigenvalue weighted by molar-refractivity contribution is 0.515. The lowest BCUT2D eigenvalue weighted by atomic mass is 10.1. The van der Waals surface area contributed by atoms with Crippen molar-refractivity contribution in [3.63, 3.8) is 0 Å². The van der Waals surface area contributed by atoms with Crippen LogP contribution in [0.3, 0.4) is 0 Å². The van der Waals surface area contributed by atoms with Gasteiger partial charge in [-0.1, -0.05) is 19.9 Å². The van der Waals surface area contributed by atoms with Crippen LogP contribution in [0.25, 0.3) is 11.1 Å². The Morgan fingerprint density at radius 3 is 2.65 bits per heavy atom. The van der Waals surface area contributed by atoms with Crippen LogP contribution in [-0.2, 0) is 0 Å². The number of hydrogen-bond acceptors (Lipinski definition) is 4. The van der Waals surface area contributed by atoms with Gasteiger partial charge in [0.15, 0.2) is 5.58 Å². The molecule has 1 heterocycles. The number of para-hydroxylation sites is 1. The van der Waals surface area contributed by atoms with Crippen molar-refractivity contribution in [2.75, 3.05) is 17.7 Å². The van der Waals surface area contributed by atoms with Crippen molar-refractivity contribution in [2.24, 2.45) is 0 Å². The van der Waals surface area contributed by atoms with Gasteiger partial charge in [0.05, 0.1) is 5.69 Å². The van der Waals surface area contributed by atoms with Crippen LogP contribution in [0.2, 0.25) is 0 Å². The first kappa shape index (κ1) is 11.8. The summed E-state index contributed by atoms with van der Waals surface area (Å²) in [6.45, 7) is 4.34. The third-order valence-electron chi connectivity index (χ3n) is 3.23. The molecule has 0 radical (unpaired) electrons. The molecular formula is C13H19N3O. The molecule has 0 bridgehead atoms. The third-order valence-corrected chi connectivity index (χ3v) is 3.23. The second-order valence-corrected chi connectivity index (χ2v) is 4.27. The van der Waals surface area contributed by atoms with E-state index in [9.17, 15) is 0 Å². The van der Waals surface area contributed by atoms with Gasteiger partial charge >= 0.3 is 0 Å². The molecule has 2 aromatic rings. The lowest BCUT2D eigenvalue weighted by Gasteiger charge is -2.24. The van der Waals surface area contributed by atoms with Crippen molar-refractivity contribution in [3.05, 3.63) is 18.2 Å². The summed E-state index contributed by atoms with van der Waals surface area (Å²) < 4.78 is 5.73. The van der Waals surface area contributed by atoms with E-state index in [-0.39, 0.29) is 0 Å². The van der Waals surface area contributed by atoms with Gasteiger partial charge in [0, 0.05) is 13.1 Å². The Morgan fingerprint density at radius 2 is 2.06 bits per heavy atom. The van der Waals surface area contributed by atoms with Crippen LogP contribution in [0, 0.1) is 0 Å². The molecule has 0 saturated heterocycles. The first-order chi connectivity index (χ1) is 8.17. The largest absolute Gasteiger partial charge is 0.423 e. The van der Waals surface area contributed by atoms with Crippen LogP contribution in [0.4, 0.5) is 11.7 Å². The summed E-state index contributed by atoms with van der Waals surface area (Å²) in [7, 11) is 2.01. The Hall–Kier alpha value is -1.71. The number of hydrogen-bond donors (Lipinski definition) is 1.